The lowest BCUT2D eigenvalue weighted by Crippen LogP contribution is -2.63. The summed E-state index contributed by atoms with van der Waals surface area (Å²) in [6.07, 6.45) is 5.78. The summed E-state index contributed by atoms with van der Waals surface area (Å²) < 4.78 is 30.8. The molecular formula is C46H55N3O6SSi. The minimum Gasteiger partial charge on any atom is -0.497 e. The largest absolute Gasteiger partial charge is 0.513 e. The third-order valence-corrected chi connectivity index (χ3v) is 17.7. The molecule has 4 aliphatic heterocycles. The first kappa shape index (κ1) is 40.8. The fourth-order valence-electron chi connectivity index (χ4n) is 9.23. The Morgan fingerprint density at radius 1 is 0.912 bits per heavy atom. The van der Waals surface area contributed by atoms with E-state index in [2.05, 4.69) is 77.6 Å². The summed E-state index contributed by atoms with van der Waals surface area (Å²) in [5.74, 6) is 1.40. The molecular weight excluding hydrogens is 751 g/mol. The van der Waals surface area contributed by atoms with Gasteiger partial charge in [0.2, 0.25) is 0 Å². The number of carbonyl (C=O) groups excluding carboxylic acids is 1. The SMILES string of the molecule is C=C[C@H]1CN2C(SC(CC)[Si](OC)(OC)OC)CC1C[C@H]2[C@H](OC(=O)NC(c1ccccc1)(c1ccccc1)c1ccccc1)C1=CCNc2ccc(OC)cc21. The second-order valence-electron chi connectivity index (χ2n) is 14.8. The van der Waals surface area contributed by atoms with Crippen LogP contribution in [0.15, 0.2) is 128 Å². The Hall–Kier alpha value is -4.36. The predicted octanol–water partition coefficient (Wildman–Crippen LogP) is 8.74. The first-order valence-corrected chi connectivity index (χ1v) is 22.6. The number of hydrogen-bond donors (Lipinski definition) is 2. The molecule has 9 nitrogen and oxygen atoms in total. The quantitative estimate of drug-likeness (QED) is 0.0656. The van der Waals surface area contributed by atoms with Crippen molar-refractivity contribution in [2.75, 3.05) is 46.8 Å². The number of methoxy groups -OCH3 is 1. The Kier molecular flexibility index (Phi) is 12.9. The van der Waals surface area contributed by atoms with Gasteiger partial charge in [-0.3, -0.25) is 4.90 Å². The van der Waals surface area contributed by atoms with Crippen molar-refractivity contribution in [3.8, 4) is 5.75 Å². The Morgan fingerprint density at radius 3 is 2.02 bits per heavy atom. The zero-order chi connectivity index (χ0) is 40.0. The predicted molar refractivity (Wildman–Crippen MR) is 231 cm³/mol. The number of nitrogens with zero attached hydrogens (tertiary/aromatic N) is 1. The summed E-state index contributed by atoms with van der Waals surface area (Å²) in [7, 11) is 3.75. The Morgan fingerprint density at radius 2 is 1.51 bits per heavy atom. The molecule has 0 aromatic heterocycles. The molecule has 2 N–H and O–H groups in total. The third-order valence-electron chi connectivity index (χ3n) is 12.1. The number of piperidine rings is 3. The summed E-state index contributed by atoms with van der Waals surface area (Å²) >= 11 is 1.87. The molecule has 0 aliphatic carbocycles. The molecule has 0 spiro atoms. The minimum absolute atomic E-state index is 0.0127. The Balaban J connectivity index is 1.32. The summed E-state index contributed by atoms with van der Waals surface area (Å²) in [6.45, 7) is 7.82. The van der Waals surface area contributed by atoms with Gasteiger partial charge in [-0.2, -0.15) is 0 Å². The van der Waals surface area contributed by atoms with Crippen LogP contribution in [-0.4, -0.2) is 83.7 Å². The van der Waals surface area contributed by atoms with E-state index in [0.29, 0.717) is 18.4 Å². The average Bonchev–Trinajstić information content (AvgIpc) is 3.28. The molecule has 4 aromatic rings. The number of ether oxygens (including phenoxy) is 2. The molecule has 7 atom stereocenters. The van der Waals surface area contributed by atoms with Crippen LogP contribution in [-0.2, 0) is 23.6 Å². The fourth-order valence-corrected chi connectivity index (χ4v) is 14.3. The number of amides is 1. The van der Waals surface area contributed by atoms with E-state index in [1.54, 1.807) is 28.4 Å². The standard InChI is InChI=1S/C46H55N3O6SSi/c1-7-32-31-49-41(28-33(32)29-42(49)56-43(8-2)57(52-4,53-5)54-6)44(38-26-27-47-40-25-24-37(51-3)30-39(38)40)55-45(50)48-46(34-18-12-9-13-19-34,35-20-14-10-15-21-35)36-22-16-11-17-23-36/h7,9-26,30,32-33,41-44,47H,1,8,27-29,31H2,2-6H3,(H,48,50)/t32-,33?,41-,42?,43?,44+/m0/s1. The van der Waals surface area contributed by atoms with Crippen LogP contribution in [0.5, 0.6) is 5.75 Å². The van der Waals surface area contributed by atoms with Gasteiger partial charge in [0.1, 0.15) is 17.4 Å². The van der Waals surface area contributed by atoms with Crippen LogP contribution < -0.4 is 15.4 Å². The van der Waals surface area contributed by atoms with Crippen LogP contribution in [0.4, 0.5) is 10.5 Å². The van der Waals surface area contributed by atoms with E-state index < -0.39 is 26.5 Å². The van der Waals surface area contributed by atoms with E-state index in [0.717, 1.165) is 65.1 Å². The maximum atomic E-state index is 15.1. The van der Waals surface area contributed by atoms with Gasteiger partial charge in [-0.05, 0) is 66.0 Å². The highest BCUT2D eigenvalue weighted by Gasteiger charge is 2.54. The molecule has 4 aliphatic rings. The normalized spacial score (nSPS) is 22.6. The number of thioether (sulfide) groups is 1. The van der Waals surface area contributed by atoms with Gasteiger partial charge < -0.3 is 33.4 Å². The van der Waals surface area contributed by atoms with Gasteiger partial charge in [0.25, 0.3) is 0 Å². The molecule has 11 heteroatoms. The third kappa shape index (κ3) is 7.93. The number of hydrogen-bond acceptors (Lipinski definition) is 9. The lowest BCUT2D eigenvalue weighted by atomic mass is 9.72. The van der Waals surface area contributed by atoms with Crippen LogP contribution in [0, 0.1) is 11.8 Å². The van der Waals surface area contributed by atoms with Crippen LogP contribution in [0.1, 0.15) is 48.4 Å². The first-order chi connectivity index (χ1) is 27.8. The highest BCUT2D eigenvalue weighted by atomic mass is 32.2. The van der Waals surface area contributed by atoms with E-state index in [1.807, 2.05) is 84.6 Å². The molecule has 3 fully saturated rings. The van der Waals surface area contributed by atoms with Gasteiger partial charge in [0.15, 0.2) is 0 Å². The van der Waals surface area contributed by atoms with Crippen LogP contribution >= 0.6 is 11.8 Å². The van der Waals surface area contributed by atoms with Gasteiger partial charge in [-0.1, -0.05) is 110 Å². The van der Waals surface area contributed by atoms with Gasteiger partial charge in [-0.15, -0.1) is 18.3 Å². The smallest absolute Gasteiger partial charge is 0.497 e. The summed E-state index contributed by atoms with van der Waals surface area (Å²) in [5.41, 5.74) is 4.61. The molecule has 3 saturated heterocycles. The number of carbonyl (C=O) groups is 1. The maximum Gasteiger partial charge on any atom is 0.513 e. The molecule has 4 heterocycles. The van der Waals surface area contributed by atoms with Crippen LogP contribution in [0.2, 0.25) is 0 Å². The van der Waals surface area contributed by atoms with Gasteiger partial charge in [0.05, 0.1) is 23.4 Å². The minimum atomic E-state index is -2.99. The number of rotatable bonds is 16. The zero-order valence-corrected chi connectivity index (χ0v) is 35.4. The van der Waals surface area contributed by atoms with Crippen molar-refractivity contribution in [1.29, 1.82) is 0 Å². The van der Waals surface area contributed by atoms with Crippen molar-refractivity contribution >= 4 is 37.9 Å². The van der Waals surface area contributed by atoms with E-state index in [4.69, 9.17) is 22.8 Å². The van der Waals surface area contributed by atoms with Crippen molar-refractivity contribution in [2.45, 2.75) is 54.1 Å². The van der Waals surface area contributed by atoms with Crippen molar-refractivity contribution < 1.29 is 27.5 Å². The van der Waals surface area contributed by atoms with Crippen molar-refractivity contribution in [3.05, 3.63) is 150 Å². The molecule has 0 radical (unpaired) electrons. The summed E-state index contributed by atoms with van der Waals surface area (Å²) in [6, 6.07) is 36.3. The first-order valence-electron chi connectivity index (χ1n) is 19.8. The van der Waals surface area contributed by atoms with Gasteiger partial charge in [0, 0.05) is 51.2 Å². The number of alkyl carbamates (subject to hydrolysis) is 1. The van der Waals surface area contributed by atoms with Gasteiger partial charge in [-0.25, -0.2) is 4.79 Å². The van der Waals surface area contributed by atoms with Crippen molar-refractivity contribution in [3.63, 3.8) is 0 Å². The molecule has 2 bridgehead atoms. The molecule has 8 rings (SSSR count). The number of anilines is 1. The molecule has 57 heavy (non-hydrogen) atoms. The number of nitrogens with one attached hydrogen (secondary N) is 2. The highest BCUT2D eigenvalue weighted by molar-refractivity contribution is 8.02. The molecule has 4 aromatic carbocycles. The molecule has 300 valence electrons. The van der Waals surface area contributed by atoms with Crippen LogP contribution in [0.3, 0.4) is 0 Å². The molecule has 0 saturated carbocycles. The van der Waals surface area contributed by atoms with Gasteiger partial charge >= 0.3 is 14.9 Å². The Bertz CT molecular complexity index is 1890. The average molecular weight is 806 g/mol. The summed E-state index contributed by atoms with van der Waals surface area (Å²) in [4.78, 5) is 17.7. The summed E-state index contributed by atoms with van der Waals surface area (Å²) in [5, 5.41) is 7.12. The lowest BCUT2D eigenvalue weighted by Gasteiger charge is -2.56. The monoisotopic (exact) mass is 805 g/mol. The topological polar surface area (TPSA) is 90.5 Å². The second kappa shape index (κ2) is 18.1. The zero-order valence-electron chi connectivity index (χ0n) is 33.6. The number of benzene rings is 4. The van der Waals surface area contributed by atoms with E-state index >= 15 is 4.79 Å². The molecule has 1 amide bonds. The fraction of sp³-hybridized carbons (Fsp3) is 0.370. The van der Waals surface area contributed by atoms with Crippen molar-refractivity contribution in [2.24, 2.45) is 11.8 Å². The van der Waals surface area contributed by atoms with Crippen molar-refractivity contribution in [1.82, 2.24) is 10.2 Å². The molecule has 4 unspecified atom stereocenters. The van der Waals surface area contributed by atoms with E-state index in [-0.39, 0.29) is 16.3 Å². The highest BCUT2D eigenvalue weighted by Crippen LogP contribution is 2.50. The van der Waals surface area contributed by atoms with Crippen LogP contribution in [0.25, 0.3) is 5.57 Å². The van der Waals surface area contributed by atoms with E-state index in [1.165, 1.54) is 0 Å². The lowest BCUT2D eigenvalue weighted by molar-refractivity contribution is -0.0415. The maximum absolute atomic E-state index is 15.1. The van der Waals surface area contributed by atoms with E-state index in [9.17, 15) is 0 Å². The number of fused-ring (bicyclic) bond motifs is 4. The Labute approximate surface area is 343 Å². The second-order valence-corrected chi connectivity index (χ2v) is 19.8.